The molecule has 0 saturated carbocycles. The van der Waals surface area contributed by atoms with Crippen molar-refractivity contribution in [1.82, 2.24) is 14.5 Å². The van der Waals surface area contributed by atoms with Crippen LogP contribution in [-0.2, 0) is 13.2 Å². The van der Waals surface area contributed by atoms with Crippen LogP contribution in [0.3, 0.4) is 0 Å². The number of alkyl halides is 3. The van der Waals surface area contributed by atoms with Crippen molar-refractivity contribution in [1.29, 1.82) is 0 Å². The second-order valence-electron chi connectivity index (χ2n) is 3.83. The molecule has 1 amide bonds. The van der Waals surface area contributed by atoms with Crippen molar-refractivity contribution >= 4 is 17.7 Å². The summed E-state index contributed by atoms with van der Waals surface area (Å²) in [4.78, 5) is 18.7. The van der Waals surface area contributed by atoms with Gasteiger partial charge in [-0.05, 0) is 23.9 Å². The van der Waals surface area contributed by atoms with Crippen LogP contribution in [-0.4, -0.2) is 20.4 Å². The van der Waals surface area contributed by atoms with E-state index in [1.165, 1.54) is 6.20 Å². The van der Waals surface area contributed by atoms with Crippen LogP contribution >= 0.6 is 11.8 Å². The molecule has 0 radical (unpaired) electrons. The fourth-order valence-electron chi connectivity index (χ4n) is 1.40. The van der Waals surface area contributed by atoms with Gasteiger partial charge in [0.1, 0.15) is 10.7 Å². The van der Waals surface area contributed by atoms with Crippen LogP contribution in [0.25, 0.3) is 0 Å². The van der Waals surface area contributed by atoms with Gasteiger partial charge in [0.05, 0.1) is 5.56 Å². The number of carbonyl (C=O) groups is 1. The van der Waals surface area contributed by atoms with E-state index in [2.05, 4.69) is 9.97 Å². The minimum absolute atomic E-state index is 0.0778. The molecule has 2 aromatic rings. The van der Waals surface area contributed by atoms with Gasteiger partial charge in [-0.1, -0.05) is 0 Å². The maximum absolute atomic E-state index is 12.6. The molecular weight excluding hydrogens is 293 g/mol. The van der Waals surface area contributed by atoms with E-state index in [1.807, 2.05) is 0 Å². The van der Waals surface area contributed by atoms with E-state index in [1.54, 1.807) is 17.8 Å². The number of primary amides is 1. The van der Waals surface area contributed by atoms with Crippen molar-refractivity contribution in [2.45, 2.75) is 16.4 Å². The second kappa shape index (κ2) is 5.16. The Hall–Kier alpha value is -2.03. The molecule has 2 N–H and O–H groups in total. The third-order valence-electron chi connectivity index (χ3n) is 2.38. The number of amides is 1. The molecule has 0 spiro atoms. The molecule has 5 nitrogen and oxygen atoms in total. The molecule has 0 fully saturated rings. The predicted octanol–water partition coefficient (Wildman–Crippen LogP) is 2.08. The summed E-state index contributed by atoms with van der Waals surface area (Å²) in [5, 5.41) is 0.279. The van der Waals surface area contributed by atoms with Crippen LogP contribution in [0.5, 0.6) is 0 Å². The largest absolute Gasteiger partial charge is 0.433 e. The maximum atomic E-state index is 12.6. The van der Waals surface area contributed by atoms with Crippen molar-refractivity contribution in [3.63, 3.8) is 0 Å². The Bertz CT molecular complexity index is 653. The second-order valence-corrected chi connectivity index (χ2v) is 4.79. The minimum Gasteiger partial charge on any atom is -0.366 e. The van der Waals surface area contributed by atoms with Crippen LogP contribution in [0.15, 0.2) is 34.7 Å². The molecule has 106 valence electrons. The third kappa shape index (κ3) is 2.93. The van der Waals surface area contributed by atoms with Gasteiger partial charge in [0.25, 0.3) is 5.91 Å². The monoisotopic (exact) mass is 302 g/mol. The first-order valence-electron chi connectivity index (χ1n) is 5.32. The van der Waals surface area contributed by atoms with Crippen molar-refractivity contribution in [2.24, 2.45) is 12.8 Å². The highest BCUT2D eigenvalue weighted by Gasteiger charge is 2.33. The Morgan fingerprint density at radius 3 is 2.60 bits per heavy atom. The van der Waals surface area contributed by atoms with Gasteiger partial charge in [-0.15, -0.1) is 0 Å². The number of nitrogens with two attached hydrogens (primary N) is 1. The van der Waals surface area contributed by atoms with Gasteiger partial charge in [0, 0.05) is 19.4 Å². The van der Waals surface area contributed by atoms with E-state index in [-0.39, 0.29) is 10.6 Å². The molecule has 0 aliphatic carbocycles. The van der Waals surface area contributed by atoms with E-state index >= 15 is 0 Å². The molecule has 20 heavy (non-hydrogen) atoms. The molecule has 0 unspecified atom stereocenters. The summed E-state index contributed by atoms with van der Waals surface area (Å²) in [6, 6.07) is 1.74. The first-order chi connectivity index (χ1) is 9.29. The predicted molar refractivity (Wildman–Crippen MR) is 65.1 cm³/mol. The zero-order chi connectivity index (χ0) is 14.9. The van der Waals surface area contributed by atoms with Crippen molar-refractivity contribution in [3.05, 3.63) is 35.8 Å². The molecular formula is C11H9F3N4OS. The number of pyridine rings is 1. The zero-order valence-electron chi connectivity index (χ0n) is 10.2. The average molecular weight is 302 g/mol. The lowest BCUT2D eigenvalue weighted by molar-refractivity contribution is -0.141. The molecule has 2 aromatic heterocycles. The Labute approximate surface area is 116 Å². The minimum atomic E-state index is -4.59. The summed E-state index contributed by atoms with van der Waals surface area (Å²) in [5.41, 5.74) is 3.98. The highest BCUT2D eigenvalue weighted by molar-refractivity contribution is 7.99. The molecule has 0 aromatic carbocycles. The summed E-state index contributed by atoms with van der Waals surface area (Å²) in [6.45, 7) is 0. The number of aryl methyl sites for hydroxylation is 1. The third-order valence-corrected chi connectivity index (χ3v) is 3.46. The summed E-state index contributed by atoms with van der Waals surface area (Å²) < 4.78 is 39.5. The van der Waals surface area contributed by atoms with Gasteiger partial charge in [0.15, 0.2) is 5.16 Å². The maximum Gasteiger partial charge on any atom is 0.433 e. The van der Waals surface area contributed by atoms with Crippen LogP contribution in [0.4, 0.5) is 13.2 Å². The number of nitrogens with zero attached hydrogens (tertiary/aromatic N) is 3. The lowest BCUT2D eigenvalue weighted by Crippen LogP contribution is -2.16. The lowest BCUT2D eigenvalue weighted by atomic mass is 10.2. The molecule has 0 saturated heterocycles. The normalized spacial score (nSPS) is 11.6. The molecule has 0 bridgehead atoms. The SMILES string of the molecule is Cn1ccnc1Sc1nc(C(F)(F)F)ccc1C(N)=O. The molecule has 0 aliphatic rings. The van der Waals surface area contributed by atoms with Crippen LogP contribution in [0.1, 0.15) is 16.1 Å². The number of imidazole rings is 1. The Balaban J connectivity index is 2.47. The molecule has 2 rings (SSSR count). The van der Waals surface area contributed by atoms with E-state index in [0.717, 1.165) is 23.9 Å². The summed E-state index contributed by atoms with van der Waals surface area (Å²) in [5.74, 6) is -0.845. The number of carbonyl (C=O) groups excluding carboxylic acids is 1. The summed E-state index contributed by atoms with van der Waals surface area (Å²) >= 11 is 0.846. The van der Waals surface area contributed by atoms with E-state index < -0.39 is 17.8 Å². The molecule has 2 heterocycles. The fourth-order valence-corrected chi connectivity index (χ4v) is 2.31. The average Bonchev–Trinajstić information content (AvgIpc) is 2.73. The van der Waals surface area contributed by atoms with Gasteiger partial charge in [-0.2, -0.15) is 13.2 Å². The first kappa shape index (κ1) is 14.4. The Morgan fingerprint density at radius 2 is 2.10 bits per heavy atom. The number of rotatable bonds is 3. The summed E-state index contributed by atoms with van der Waals surface area (Å²) in [6.07, 6.45) is -1.48. The van der Waals surface area contributed by atoms with Crippen molar-refractivity contribution in [2.75, 3.05) is 0 Å². The quantitative estimate of drug-likeness (QED) is 0.942. The molecule has 0 atom stereocenters. The standard InChI is InChI=1S/C11H9F3N4OS/c1-18-5-4-16-10(18)20-9-6(8(15)19)2-3-7(17-9)11(12,13)14/h2-5H,1H3,(H2,15,19). The summed E-state index contributed by atoms with van der Waals surface area (Å²) in [7, 11) is 1.67. The van der Waals surface area contributed by atoms with Gasteiger partial charge >= 0.3 is 6.18 Å². The number of hydrogen-bond acceptors (Lipinski definition) is 4. The number of hydrogen-bond donors (Lipinski definition) is 1. The van der Waals surface area contributed by atoms with E-state index in [0.29, 0.717) is 5.16 Å². The molecule has 9 heteroatoms. The number of halogens is 3. The molecule has 0 aliphatic heterocycles. The first-order valence-corrected chi connectivity index (χ1v) is 6.14. The van der Waals surface area contributed by atoms with Crippen molar-refractivity contribution < 1.29 is 18.0 Å². The van der Waals surface area contributed by atoms with Crippen LogP contribution in [0.2, 0.25) is 0 Å². The van der Waals surface area contributed by atoms with Crippen LogP contribution in [0, 0.1) is 0 Å². The van der Waals surface area contributed by atoms with Gasteiger partial charge in [-0.3, -0.25) is 4.79 Å². The topological polar surface area (TPSA) is 73.8 Å². The van der Waals surface area contributed by atoms with E-state index in [9.17, 15) is 18.0 Å². The zero-order valence-corrected chi connectivity index (χ0v) is 11.0. The fraction of sp³-hybridized carbons (Fsp3) is 0.182. The van der Waals surface area contributed by atoms with Gasteiger partial charge in [0.2, 0.25) is 0 Å². The highest BCUT2D eigenvalue weighted by Crippen LogP contribution is 2.32. The van der Waals surface area contributed by atoms with Gasteiger partial charge in [-0.25, -0.2) is 9.97 Å². The smallest absolute Gasteiger partial charge is 0.366 e. The Kier molecular flexibility index (Phi) is 3.71. The highest BCUT2D eigenvalue weighted by atomic mass is 32.2. The van der Waals surface area contributed by atoms with Crippen LogP contribution < -0.4 is 5.73 Å². The Morgan fingerprint density at radius 1 is 1.40 bits per heavy atom. The van der Waals surface area contributed by atoms with Crippen molar-refractivity contribution in [3.8, 4) is 0 Å². The lowest BCUT2D eigenvalue weighted by Gasteiger charge is -2.10. The van der Waals surface area contributed by atoms with E-state index in [4.69, 9.17) is 5.73 Å². The van der Waals surface area contributed by atoms with Gasteiger partial charge < -0.3 is 10.3 Å². The number of aromatic nitrogens is 3.